The second-order valence-corrected chi connectivity index (χ2v) is 10.8. The zero-order valence-corrected chi connectivity index (χ0v) is 17.3. The van der Waals surface area contributed by atoms with Crippen molar-refractivity contribution in [2.75, 3.05) is 31.1 Å². The first-order valence-electron chi connectivity index (χ1n) is 9.80. The van der Waals surface area contributed by atoms with Crippen molar-refractivity contribution in [3.63, 3.8) is 0 Å². The Morgan fingerprint density at radius 2 is 2.12 bits per heavy atom. The van der Waals surface area contributed by atoms with Crippen molar-refractivity contribution < 1.29 is 8.42 Å². The first-order chi connectivity index (χ1) is 12.5. The molecule has 1 aromatic rings. The van der Waals surface area contributed by atoms with Gasteiger partial charge in [-0.15, -0.1) is 11.3 Å². The summed E-state index contributed by atoms with van der Waals surface area (Å²) < 4.78 is 23.3. The average Bonchev–Trinajstić information content (AvgIpc) is 3.28. The number of thiophene rings is 1. The highest BCUT2D eigenvalue weighted by molar-refractivity contribution is 7.91. The number of nitrogens with zero attached hydrogens (tertiary/aromatic N) is 1. The standard InChI is InChI=1S/C19H31N3O2S2/c1-2-20-18(21-13-16-8-12-26(23,24)14-16)22-15-19(9-4-3-5-10-19)17-7-6-11-25-17/h6-7,11,16H,2-5,8-10,12-15H2,1H3,(H2,20,21,22). The fraction of sp³-hybridized carbons (Fsp3) is 0.737. The number of hydrogen-bond acceptors (Lipinski definition) is 4. The number of sulfone groups is 1. The lowest BCUT2D eigenvalue weighted by Crippen LogP contribution is -2.41. The molecule has 2 fully saturated rings. The molecule has 2 heterocycles. The third-order valence-electron chi connectivity index (χ3n) is 5.62. The van der Waals surface area contributed by atoms with Crippen LogP contribution in [0.25, 0.3) is 0 Å². The minimum Gasteiger partial charge on any atom is -0.357 e. The van der Waals surface area contributed by atoms with E-state index in [1.807, 2.05) is 11.3 Å². The fourth-order valence-electron chi connectivity index (χ4n) is 4.14. The van der Waals surface area contributed by atoms with Gasteiger partial charge >= 0.3 is 0 Å². The predicted molar refractivity (Wildman–Crippen MR) is 110 cm³/mol. The van der Waals surface area contributed by atoms with Gasteiger partial charge in [0.1, 0.15) is 0 Å². The van der Waals surface area contributed by atoms with Crippen molar-refractivity contribution in [3.8, 4) is 0 Å². The molecule has 1 aliphatic carbocycles. The van der Waals surface area contributed by atoms with Crippen LogP contribution in [0.15, 0.2) is 22.5 Å². The van der Waals surface area contributed by atoms with Crippen molar-refractivity contribution >= 4 is 27.1 Å². The highest BCUT2D eigenvalue weighted by Gasteiger charge is 2.35. The second kappa shape index (κ2) is 8.74. The Balaban J connectivity index is 1.65. The molecule has 7 heteroatoms. The molecule has 1 saturated heterocycles. The summed E-state index contributed by atoms with van der Waals surface area (Å²) in [7, 11) is -2.82. The van der Waals surface area contributed by atoms with Gasteiger partial charge in [-0.05, 0) is 43.6 Å². The van der Waals surface area contributed by atoms with Gasteiger partial charge in [0.05, 0.1) is 18.1 Å². The van der Waals surface area contributed by atoms with Crippen LogP contribution in [-0.2, 0) is 15.3 Å². The lowest BCUT2D eigenvalue weighted by molar-refractivity contribution is 0.306. The lowest BCUT2D eigenvalue weighted by Gasteiger charge is -2.35. The molecule has 2 N–H and O–H groups in total. The zero-order chi connectivity index (χ0) is 18.5. The summed E-state index contributed by atoms with van der Waals surface area (Å²) in [6.07, 6.45) is 7.04. The second-order valence-electron chi connectivity index (χ2n) is 7.66. The summed E-state index contributed by atoms with van der Waals surface area (Å²) in [4.78, 5) is 6.37. The number of rotatable bonds is 6. The van der Waals surface area contributed by atoms with Gasteiger partial charge in [0.25, 0.3) is 0 Å². The van der Waals surface area contributed by atoms with Crippen LogP contribution in [0.2, 0.25) is 0 Å². The van der Waals surface area contributed by atoms with Crippen molar-refractivity contribution in [1.29, 1.82) is 0 Å². The first kappa shape index (κ1) is 19.7. The normalized spacial score (nSPS) is 25.1. The maximum Gasteiger partial charge on any atom is 0.191 e. The topological polar surface area (TPSA) is 70.6 Å². The Bertz CT molecular complexity index is 692. The van der Waals surface area contributed by atoms with Crippen LogP contribution in [0.4, 0.5) is 0 Å². The van der Waals surface area contributed by atoms with E-state index in [0.29, 0.717) is 18.1 Å². The van der Waals surface area contributed by atoms with Crippen LogP contribution in [0.5, 0.6) is 0 Å². The summed E-state index contributed by atoms with van der Waals surface area (Å²) >= 11 is 1.85. The molecule has 0 radical (unpaired) electrons. The number of hydrogen-bond donors (Lipinski definition) is 2. The van der Waals surface area contributed by atoms with Crippen LogP contribution in [0.1, 0.15) is 50.3 Å². The third kappa shape index (κ3) is 5.00. The third-order valence-corrected chi connectivity index (χ3v) is 8.58. The Labute approximate surface area is 161 Å². The predicted octanol–water partition coefficient (Wildman–Crippen LogP) is 2.94. The Kier molecular flexibility index (Phi) is 6.61. The van der Waals surface area contributed by atoms with Gasteiger partial charge in [-0.1, -0.05) is 25.3 Å². The minimum atomic E-state index is -2.82. The molecule has 146 valence electrons. The van der Waals surface area contributed by atoms with Crippen LogP contribution in [0, 0.1) is 5.92 Å². The van der Waals surface area contributed by atoms with E-state index >= 15 is 0 Å². The molecule has 1 aliphatic heterocycles. The summed E-state index contributed by atoms with van der Waals surface area (Å²) in [5.41, 5.74) is 0.172. The molecule has 0 aromatic carbocycles. The molecule has 0 bridgehead atoms. The molecule has 0 spiro atoms. The van der Waals surface area contributed by atoms with Gasteiger partial charge in [0, 0.05) is 23.4 Å². The molecule has 3 rings (SSSR count). The van der Waals surface area contributed by atoms with Crippen molar-refractivity contribution in [2.45, 2.75) is 50.9 Å². The van der Waals surface area contributed by atoms with Crippen LogP contribution >= 0.6 is 11.3 Å². The SMILES string of the molecule is CCNC(=NCC1(c2cccs2)CCCCC1)NCC1CCS(=O)(=O)C1. The van der Waals surface area contributed by atoms with Crippen LogP contribution in [0.3, 0.4) is 0 Å². The van der Waals surface area contributed by atoms with E-state index in [1.165, 1.54) is 37.0 Å². The Morgan fingerprint density at radius 3 is 2.73 bits per heavy atom. The van der Waals surface area contributed by atoms with Gasteiger partial charge in [-0.25, -0.2) is 8.42 Å². The summed E-state index contributed by atoms with van der Waals surface area (Å²) in [6.45, 7) is 4.34. The van der Waals surface area contributed by atoms with Crippen molar-refractivity contribution in [3.05, 3.63) is 22.4 Å². The lowest BCUT2D eigenvalue weighted by atomic mass is 9.73. The molecule has 5 nitrogen and oxygen atoms in total. The molecule has 1 saturated carbocycles. The Hall–Kier alpha value is -1.08. The zero-order valence-electron chi connectivity index (χ0n) is 15.7. The smallest absolute Gasteiger partial charge is 0.191 e. The molecule has 2 aliphatic rings. The van der Waals surface area contributed by atoms with Gasteiger partial charge in [-0.3, -0.25) is 4.99 Å². The van der Waals surface area contributed by atoms with Crippen molar-refractivity contribution in [2.24, 2.45) is 10.9 Å². The quantitative estimate of drug-likeness (QED) is 0.572. The van der Waals surface area contributed by atoms with E-state index in [2.05, 4.69) is 35.1 Å². The van der Waals surface area contributed by atoms with Crippen molar-refractivity contribution in [1.82, 2.24) is 10.6 Å². The molecule has 26 heavy (non-hydrogen) atoms. The largest absolute Gasteiger partial charge is 0.357 e. The molecule has 1 unspecified atom stereocenters. The van der Waals surface area contributed by atoms with Gasteiger partial charge in [0.2, 0.25) is 0 Å². The van der Waals surface area contributed by atoms with Gasteiger partial charge in [0.15, 0.2) is 15.8 Å². The van der Waals surface area contributed by atoms with E-state index < -0.39 is 9.84 Å². The molecule has 1 aromatic heterocycles. The first-order valence-corrected chi connectivity index (χ1v) is 12.5. The molecular formula is C19H31N3O2S2. The highest BCUT2D eigenvalue weighted by Crippen LogP contribution is 2.41. The van der Waals surface area contributed by atoms with E-state index in [4.69, 9.17) is 4.99 Å². The van der Waals surface area contributed by atoms with Crippen LogP contribution < -0.4 is 10.6 Å². The highest BCUT2D eigenvalue weighted by atomic mass is 32.2. The van der Waals surface area contributed by atoms with E-state index in [9.17, 15) is 8.42 Å². The molecular weight excluding hydrogens is 366 g/mol. The van der Waals surface area contributed by atoms with E-state index in [-0.39, 0.29) is 11.3 Å². The maximum absolute atomic E-state index is 11.6. The van der Waals surface area contributed by atoms with Gasteiger partial charge in [-0.2, -0.15) is 0 Å². The van der Waals surface area contributed by atoms with E-state index in [0.717, 1.165) is 25.5 Å². The average molecular weight is 398 g/mol. The van der Waals surface area contributed by atoms with E-state index in [1.54, 1.807) is 0 Å². The van der Waals surface area contributed by atoms with Crippen LogP contribution in [-0.4, -0.2) is 45.5 Å². The monoisotopic (exact) mass is 397 g/mol. The number of aliphatic imine (C=N–C) groups is 1. The number of guanidine groups is 1. The summed E-state index contributed by atoms with van der Waals surface area (Å²) in [5.74, 6) is 1.65. The maximum atomic E-state index is 11.6. The summed E-state index contributed by atoms with van der Waals surface area (Å²) in [5, 5.41) is 8.87. The molecule has 1 atom stereocenters. The van der Waals surface area contributed by atoms with Gasteiger partial charge < -0.3 is 10.6 Å². The molecule has 0 amide bonds. The number of nitrogens with one attached hydrogen (secondary N) is 2. The minimum absolute atomic E-state index is 0.172. The fourth-order valence-corrected chi connectivity index (χ4v) is 6.98. The summed E-state index contributed by atoms with van der Waals surface area (Å²) in [6, 6.07) is 4.40. The Morgan fingerprint density at radius 1 is 1.31 bits per heavy atom.